The predicted molar refractivity (Wildman–Crippen MR) is 148 cm³/mol. The van der Waals surface area contributed by atoms with Crippen LogP contribution >= 0.6 is 0 Å². The Morgan fingerprint density at radius 3 is 1.71 bits per heavy atom. The number of rotatable bonds is 25. The van der Waals surface area contributed by atoms with Crippen LogP contribution in [0.15, 0.2) is 30.3 Å². The molecule has 0 aliphatic carbocycles. The highest BCUT2D eigenvalue weighted by molar-refractivity contribution is 5.14. The lowest BCUT2D eigenvalue weighted by molar-refractivity contribution is 0.0582. The van der Waals surface area contributed by atoms with Crippen LogP contribution in [0.5, 0.6) is 0 Å². The maximum atomic E-state index is 9.25. The van der Waals surface area contributed by atoms with Gasteiger partial charge in [-0.25, -0.2) is 0 Å². The molecule has 1 aromatic rings. The van der Waals surface area contributed by atoms with Crippen LogP contribution in [0.25, 0.3) is 0 Å². The Labute approximate surface area is 212 Å². The fourth-order valence-corrected chi connectivity index (χ4v) is 4.73. The van der Waals surface area contributed by atoms with Gasteiger partial charge in [-0.2, -0.15) is 0 Å². The van der Waals surface area contributed by atoms with Crippen molar-refractivity contribution in [3.63, 3.8) is 0 Å². The summed E-state index contributed by atoms with van der Waals surface area (Å²) in [6.45, 7) is 5.11. The van der Waals surface area contributed by atoms with Crippen molar-refractivity contribution in [3.05, 3.63) is 35.9 Å². The SMILES string of the molecule is CCCCCCCCCCCCCCCCCCOCC(CCCO)N(C)Cc1ccccc1. The molecule has 0 amide bonds. The fourth-order valence-electron chi connectivity index (χ4n) is 4.73. The number of likely N-dealkylation sites (N-methyl/N-ethyl adjacent to an activating group) is 1. The first-order valence-corrected chi connectivity index (χ1v) is 14.7. The molecule has 3 nitrogen and oxygen atoms in total. The summed E-state index contributed by atoms with van der Waals surface area (Å²) >= 11 is 0. The van der Waals surface area contributed by atoms with Gasteiger partial charge >= 0.3 is 0 Å². The Morgan fingerprint density at radius 1 is 0.706 bits per heavy atom. The molecule has 1 atom stereocenters. The highest BCUT2D eigenvalue weighted by Gasteiger charge is 2.15. The number of hydrogen-bond acceptors (Lipinski definition) is 3. The van der Waals surface area contributed by atoms with Crippen molar-refractivity contribution in [1.29, 1.82) is 0 Å². The van der Waals surface area contributed by atoms with Crippen LogP contribution < -0.4 is 0 Å². The normalized spacial score (nSPS) is 12.5. The third kappa shape index (κ3) is 18.4. The smallest absolute Gasteiger partial charge is 0.0621 e. The minimum Gasteiger partial charge on any atom is -0.396 e. The first kappa shape index (κ1) is 31.1. The summed E-state index contributed by atoms with van der Waals surface area (Å²) in [5.74, 6) is 0. The molecule has 0 bridgehead atoms. The van der Waals surface area contributed by atoms with E-state index in [9.17, 15) is 5.11 Å². The summed E-state index contributed by atoms with van der Waals surface area (Å²) in [5.41, 5.74) is 1.33. The van der Waals surface area contributed by atoms with Gasteiger partial charge in [0.05, 0.1) is 6.61 Å². The van der Waals surface area contributed by atoms with Crippen LogP contribution in [0.2, 0.25) is 0 Å². The molecule has 1 N–H and O–H groups in total. The van der Waals surface area contributed by atoms with Crippen molar-refractivity contribution >= 4 is 0 Å². The van der Waals surface area contributed by atoms with E-state index >= 15 is 0 Å². The van der Waals surface area contributed by atoms with Crippen molar-refractivity contribution in [1.82, 2.24) is 4.90 Å². The molecule has 1 aromatic carbocycles. The van der Waals surface area contributed by atoms with Gasteiger partial charge in [0, 0.05) is 25.8 Å². The molecule has 1 unspecified atom stereocenters. The lowest BCUT2D eigenvalue weighted by Crippen LogP contribution is -2.35. The van der Waals surface area contributed by atoms with Crippen LogP contribution in [0.3, 0.4) is 0 Å². The second-order valence-electron chi connectivity index (χ2n) is 10.3. The largest absolute Gasteiger partial charge is 0.396 e. The van der Waals surface area contributed by atoms with Gasteiger partial charge in [0.2, 0.25) is 0 Å². The van der Waals surface area contributed by atoms with Crippen molar-refractivity contribution in [3.8, 4) is 0 Å². The van der Waals surface area contributed by atoms with Gasteiger partial charge in [0.15, 0.2) is 0 Å². The molecule has 0 aromatic heterocycles. The molecule has 0 saturated heterocycles. The van der Waals surface area contributed by atoms with E-state index < -0.39 is 0 Å². The quantitative estimate of drug-likeness (QED) is 0.144. The molecular weight excluding hydrogens is 418 g/mol. The maximum Gasteiger partial charge on any atom is 0.0621 e. The fraction of sp³-hybridized carbons (Fsp3) is 0.806. The molecule has 198 valence electrons. The van der Waals surface area contributed by atoms with Crippen molar-refractivity contribution in [2.75, 3.05) is 26.9 Å². The van der Waals surface area contributed by atoms with E-state index in [4.69, 9.17) is 4.74 Å². The molecule has 0 saturated carbocycles. The zero-order valence-corrected chi connectivity index (χ0v) is 22.8. The summed E-state index contributed by atoms with van der Waals surface area (Å²) < 4.78 is 6.05. The molecule has 1 rings (SSSR count). The van der Waals surface area contributed by atoms with E-state index in [2.05, 4.69) is 49.2 Å². The highest BCUT2D eigenvalue weighted by Crippen LogP contribution is 2.14. The molecule has 0 radical (unpaired) electrons. The van der Waals surface area contributed by atoms with E-state index in [1.807, 2.05) is 0 Å². The van der Waals surface area contributed by atoms with Crippen LogP contribution in [-0.4, -0.2) is 42.9 Å². The Hall–Kier alpha value is -0.900. The number of benzene rings is 1. The Kier molecular flexibility index (Phi) is 21.8. The summed E-state index contributed by atoms with van der Waals surface area (Å²) in [6, 6.07) is 11.0. The van der Waals surface area contributed by atoms with Gasteiger partial charge < -0.3 is 9.84 Å². The van der Waals surface area contributed by atoms with Crippen LogP contribution in [0.4, 0.5) is 0 Å². The molecule has 0 aliphatic heterocycles. The zero-order valence-electron chi connectivity index (χ0n) is 22.8. The van der Waals surface area contributed by atoms with Gasteiger partial charge in [0.25, 0.3) is 0 Å². The zero-order chi connectivity index (χ0) is 24.5. The number of hydrogen-bond donors (Lipinski definition) is 1. The third-order valence-electron chi connectivity index (χ3n) is 7.05. The van der Waals surface area contributed by atoms with Gasteiger partial charge in [0.1, 0.15) is 0 Å². The topological polar surface area (TPSA) is 32.7 Å². The second kappa shape index (κ2) is 23.8. The molecular formula is C31H57NO2. The van der Waals surface area contributed by atoms with Crippen molar-refractivity contribution in [2.24, 2.45) is 0 Å². The van der Waals surface area contributed by atoms with Gasteiger partial charge in [-0.05, 0) is 31.9 Å². The Balaban J connectivity index is 1.93. The standard InChI is InChI=1S/C31H57NO2/c1-3-4-5-6-7-8-9-10-11-12-13-14-15-16-17-21-27-34-29-31(25-22-26-33)32(2)28-30-23-19-18-20-24-30/h18-20,23-24,31,33H,3-17,21-22,25-29H2,1-2H3. The van der Waals surface area contributed by atoms with E-state index in [0.29, 0.717) is 6.04 Å². The van der Waals surface area contributed by atoms with E-state index in [-0.39, 0.29) is 6.61 Å². The average Bonchev–Trinajstić information content (AvgIpc) is 2.85. The minimum atomic E-state index is 0.259. The first-order chi connectivity index (χ1) is 16.8. The second-order valence-corrected chi connectivity index (χ2v) is 10.3. The van der Waals surface area contributed by atoms with Gasteiger partial charge in [-0.3, -0.25) is 4.90 Å². The lowest BCUT2D eigenvalue weighted by atomic mass is 10.0. The summed E-state index contributed by atoms with van der Waals surface area (Å²) in [5, 5.41) is 9.25. The van der Waals surface area contributed by atoms with E-state index in [1.54, 1.807) is 0 Å². The third-order valence-corrected chi connectivity index (χ3v) is 7.05. The lowest BCUT2D eigenvalue weighted by Gasteiger charge is -2.28. The molecule has 0 spiro atoms. The van der Waals surface area contributed by atoms with E-state index in [0.717, 1.165) is 32.6 Å². The summed E-state index contributed by atoms with van der Waals surface area (Å²) in [6.07, 6.45) is 24.2. The Morgan fingerprint density at radius 2 is 1.21 bits per heavy atom. The number of ether oxygens (including phenoxy) is 1. The molecule has 34 heavy (non-hydrogen) atoms. The molecule has 0 aliphatic rings. The number of aliphatic hydroxyl groups excluding tert-OH is 1. The van der Waals surface area contributed by atoms with Crippen LogP contribution in [0, 0.1) is 0 Å². The molecule has 0 heterocycles. The molecule has 3 heteroatoms. The van der Waals surface area contributed by atoms with Crippen molar-refractivity contribution in [2.45, 2.75) is 135 Å². The summed E-state index contributed by atoms with van der Waals surface area (Å²) in [7, 11) is 2.17. The first-order valence-electron chi connectivity index (χ1n) is 14.7. The average molecular weight is 476 g/mol. The van der Waals surface area contributed by atoms with Crippen molar-refractivity contribution < 1.29 is 9.84 Å². The summed E-state index contributed by atoms with van der Waals surface area (Å²) in [4.78, 5) is 2.37. The number of aliphatic hydroxyl groups is 1. The van der Waals surface area contributed by atoms with Gasteiger partial charge in [-0.1, -0.05) is 134 Å². The van der Waals surface area contributed by atoms with Crippen LogP contribution in [-0.2, 0) is 11.3 Å². The Bertz CT molecular complexity index is 521. The highest BCUT2D eigenvalue weighted by atomic mass is 16.5. The number of unbranched alkanes of at least 4 members (excludes halogenated alkanes) is 15. The van der Waals surface area contributed by atoms with Crippen LogP contribution in [0.1, 0.15) is 128 Å². The predicted octanol–water partition coefficient (Wildman–Crippen LogP) is 8.54. The number of nitrogens with zero attached hydrogens (tertiary/aromatic N) is 1. The van der Waals surface area contributed by atoms with Gasteiger partial charge in [-0.15, -0.1) is 0 Å². The molecule has 0 fully saturated rings. The monoisotopic (exact) mass is 475 g/mol. The van der Waals surface area contributed by atoms with E-state index in [1.165, 1.54) is 108 Å². The maximum absolute atomic E-state index is 9.25. The minimum absolute atomic E-state index is 0.259.